The summed E-state index contributed by atoms with van der Waals surface area (Å²) in [5.74, 6) is 0.736. The Morgan fingerprint density at radius 2 is 1.87 bits per heavy atom. The number of nitrogens with zero attached hydrogens (tertiary/aromatic N) is 3. The second kappa shape index (κ2) is 11.0. The highest BCUT2D eigenvalue weighted by Gasteiger charge is 2.14. The van der Waals surface area contributed by atoms with Crippen molar-refractivity contribution in [3.63, 3.8) is 0 Å². The topological polar surface area (TPSA) is 55.2 Å². The molecule has 0 aliphatic carbocycles. The molecule has 0 saturated heterocycles. The standard InChI is InChI=1S/C18H31N3O2/c1-4-10-21(11-5-2)18(23)8-6-7-17(22)13-16(3)14-20-12-9-19-15-20/h9,12,15-16H,4-8,10-11,13-14H2,1-3H3. The van der Waals surface area contributed by atoms with Gasteiger partial charge >= 0.3 is 0 Å². The normalized spacial score (nSPS) is 12.1. The number of carbonyl (C=O) groups excluding carboxylic acids is 2. The summed E-state index contributed by atoms with van der Waals surface area (Å²) in [6.45, 7) is 8.70. The summed E-state index contributed by atoms with van der Waals surface area (Å²) in [6, 6.07) is 0. The molecule has 0 aromatic carbocycles. The van der Waals surface area contributed by atoms with Crippen molar-refractivity contribution in [1.29, 1.82) is 0 Å². The molecule has 0 bridgehead atoms. The van der Waals surface area contributed by atoms with Gasteiger partial charge in [-0.15, -0.1) is 0 Å². The monoisotopic (exact) mass is 321 g/mol. The highest BCUT2D eigenvalue weighted by atomic mass is 16.2. The molecule has 0 N–H and O–H groups in total. The molecular weight excluding hydrogens is 290 g/mol. The molecule has 1 aromatic rings. The van der Waals surface area contributed by atoms with E-state index in [1.54, 1.807) is 12.5 Å². The van der Waals surface area contributed by atoms with Gasteiger partial charge in [-0.1, -0.05) is 20.8 Å². The number of aromatic nitrogens is 2. The van der Waals surface area contributed by atoms with Crippen molar-refractivity contribution < 1.29 is 9.59 Å². The molecule has 0 radical (unpaired) electrons. The van der Waals surface area contributed by atoms with Gasteiger partial charge in [0.1, 0.15) is 5.78 Å². The fourth-order valence-corrected chi connectivity index (χ4v) is 2.81. The van der Waals surface area contributed by atoms with Gasteiger partial charge in [-0.3, -0.25) is 9.59 Å². The van der Waals surface area contributed by atoms with E-state index in [-0.39, 0.29) is 11.7 Å². The van der Waals surface area contributed by atoms with Gasteiger partial charge in [0, 0.05) is 51.3 Å². The molecule has 1 amide bonds. The van der Waals surface area contributed by atoms with E-state index in [2.05, 4.69) is 25.8 Å². The third kappa shape index (κ3) is 7.95. The van der Waals surface area contributed by atoms with Crippen molar-refractivity contribution in [1.82, 2.24) is 14.5 Å². The van der Waals surface area contributed by atoms with Gasteiger partial charge in [-0.25, -0.2) is 4.98 Å². The first-order chi connectivity index (χ1) is 11.1. The maximum atomic E-state index is 12.1. The lowest BCUT2D eigenvalue weighted by molar-refractivity contribution is -0.131. The van der Waals surface area contributed by atoms with Crippen LogP contribution in [0.5, 0.6) is 0 Å². The lowest BCUT2D eigenvalue weighted by Gasteiger charge is -2.21. The van der Waals surface area contributed by atoms with E-state index in [9.17, 15) is 9.59 Å². The summed E-state index contributed by atoms with van der Waals surface area (Å²) < 4.78 is 1.99. The zero-order chi connectivity index (χ0) is 17.1. The molecule has 0 saturated carbocycles. The molecule has 1 rings (SSSR count). The number of hydrogen-bond donors (Lipinski definition) is 0. The Kier molecular flexibility index (Phi) is 9.25. The van der Waals surface area contributed by atoms with E-state index in [0.717, 1.165) is 32.5 Å². The molecule has 130 valence electrons. The number of hydrogen-bond acceptors (Lipinski definition) is 3. The molecule has 1 atom stereocenters. The maximum Gasteiger partial charge on any atom is 0.222 e. The molecule has 0 spiro atoms. The van der Waals surface area contributed by atoms with Gasteiger partial charge in [-0.2, -0.15) is 0 Å². The Bertz CT molecular complexity index is 451. The first-order valence-corrected chi connectivity index (χ1v) is 8.82. The lowest BCUT2D eigenvalue weighted by Crippen LogP contribution is -2.32. The van der Waals surface area contributed by atoms with Crippen LogP contribution in [0.4, 0.5) is 0 Å². The van der Waals surface area contributed by atoms with Crippen LogP contribution in [0.3, 0.4) is 0 Å². The molecular formula is C18H31N3O2. The molecule has 5 heteroatoms. The SMILES string of the molecule is CCCN(CCC)C(=O)CCCC(=O)CC(C)Cn1ccnc1. The van der Waals surface area contributed by atoms with E-state index in [1.165, 1.54) is 0 Å². The fourth-order valence-electron chi connectivity index (χ4n) is 2.81. The van der Waals surface area contributed by atoms with Crippen molar-refractivity contribution in [2.24, 2.45) is 5.92 Å². The van der Waals surface area contributed by atoms with Gasteiger partial charge < -0.3 is 9.47 Å². The van der Waals surface area contributed by atoms with E-state index in [0.29, 0.717) is 31.6 Å². The Morgan fingerprint density at radius 1 is 1.17 bits per heavy atom. The van der Waals surface area contributed by atoms with E-state index < -0.39 is 0 Å². The molecule has 1 aromatic heterocycles. The Balaban J connectivity index is 2.23. The van der Waals surface area contributed by atoms with E-state index in [1.807, 2.05) is 15.7 Å². The van der Waals surface area contributed by atoms with Crippen LogP contribution in [-0.2, 0) is 16.1 Å². The predicted octanol–water partition coefficient (Wildman–Crippen LogP) is 3.30. The number of carbonyl (C=O) groups is 2. The summed E-state index contributed by atoms with van der Waals surface area (Å²) in [7, 11) is 0. The van der Waals surface area contributed by atoms with Crippen LogP contribution < -0.4 is 0 Å². The van der Waals surface area contributed by atoms with Crippen LogP contribution in [0, 0.1) is 5.92 Å². The first kappa shape index (κ1) is 19.4. The zero-order valence-corrected chi connectivity index (χ0v) is 14.8. The lowest BCUT2D eigenvalue weighted by atomic mass is 10.0. The Labute approximate surface area is 140 Å². The van der Waals surface area contributed by atoms with Crippen molar-refractivity contribution in [2.75, 3.05) is 13.1 Å². The van der Waals surface area contributed by atoms with Crippen molar-refractivity contribution in [3.8, 4) is 0 Å². The minimum atomic E-state index is 0.188. The van der Waals surface area contributed by atoms with Crippen LogP contribution >= 0.6 is 0 Å². The summed E-state index contributed by atoms with van der Waals surface area (Å²) in [4.78, 5) is 30.1. The van der Waals surface area contributed by atoms with Crippen molar-refractivity contribution >= 4 is 11.7 Å². The highest BCUT2D eigenvalue weighted by Crippen LogP contribution is 2.11. The van der Waals surface area contributed by atoms with Gasteiger partial charge in [0.25, 0.3) is 0 Å². The largest absolute Gasteiger partial charge is 0.343 e. The molecule has 0 fully saturated rings. The minimum Gasteiger partial charge on any atom is -0.343 e. The number of ketones is 1. The summed E-state index contributed by atoms with van der Waals surface area (Å²) >= 11 is 0. The van der Waals surface area contributed by atoms with Crippen LogP contribution in [0.1, 0.15) is 59.3 Å². The van der Waals surface area contributed by atoms with Gasteiger partial charge in [0.15, 0.2) is 0 Å². The summed E-state index contributed by atoms with van der Waals surface area (Å²) in [5.41, 5.74) is 0. The number of Topliss-reactive ketones (excluding diaryl/α,β-unsaturated/α-hetero) is 1. The van der Waals surface area contributed by atoms with Gasteiger partial charge in [0.05, 0.1) is 6.33 Å². The minimum absolute atomic E-state index is 0.188. The average molecular weight is 321 g/mol. The third-order valence-corrected chi connectivity index (χ3v) is 3.84. The van der Waals surface area contributed by atoms with Gasteiger partial charge in [0.2, 0.25) is 5.91 Å². The maximum absolute atomic E-state index is 12.1. The van der Waals surface area contributed by atoms with Crippen molar-refractivity contribution in [3.05, 3.63) is 18.7 Å². The number of amides is 1. The second-order valence-electron chi connectivity index (χ2n) is 6.34. The molecule has 0 aliphatic rings. The van der Waals surface area contributed by atoms with Crippen LogP contribution in [0.15, 0.2) is 18.7 Å². The third-order valence-electron chi connectivity index (χ3n) is 3.84. The average Bonchev–Trinajstić information content (AvgIpc) is 2.99. The van der Waals surface area contributed by atoms with Crippen LogP contribution in [0.2, 0.25) is 0 Å². The van der Waals surface area contributed by atoms with Crippen LogP contribution in [0.25, 0.3) is 0 Å². The van der Waals surface area contributed by atoms with Crippen LogP contribution in [-0.4, -0.2) is 39.2 Å². The zero-order valence-electron chi connectivity index (χ0n) is 14.8. The fraction of sp³-hybridized carbons (Fsp3) is 0.722. The van der Waals surface area contributed by atoms with Gasteiger partial charge in [-0.05, 0) is 25.2 Å². The molecule has 5 nitrogen and oxygen atoms in total. The molecule has 23 heavy (non-hydrogen) atoms. The molecule has 1 unspecified atom stereocenters. The predicted molar refractivity (Wildman–Crippen MR) is 92.0 cm³/mol. The molecule has 0 aliphatic heterocycles. The summed E-state index contributed by atoms with van der Waals surface area (Å²) in [6.07, 6.45) is 9.63. The quantitative estimate of drug-likeness (QED) is 0.593. The van der Waals surface area contributed by atoms with E-state index in [4.69, 9.17) is 0 Å². The van der Waals surface area contributed by atoms with Crippen molar-refractivity contribution in [2.45, 2.75) is 65.8 Å². The summed E-state index contributed by atoms with van der Waals surface area (Å²) in [5, 5.41) is 0. The smallest absolute Gasteiger partial charge is 0.222 e. The second-order valence-corrected chi connectivity index (χ2v) is 6.34. The highest BCUT2D eigenvalue weighted by molar-refractivity contribution is 5.80. The number of rotatable bonds is 12. The molecule has 1 heterocycles. The number of imidazole rings is 1. The first-order valence-electron chi connectivity index (χ1n) is 8.82. The Hall–Kier alpha value is -1.65. The van der Waals surface area contributed by atoms with E-state index >= 15 is 0 Å². The Morgan fingerprint density at radius 3 is 2.43 bits per heavy atom.